The zero-order valence-electron chi connectivity index (χ0n) is 11.5. The molecule has 0 radical (unpaired) electrons. The number of H-pyrrole nitrogens is 1. The number of rotatable bonds is 4. The van der Waals surface area contributed by atoms with Gasteiger partial charge in [0.2, 0.25) is 0 Å². The fourth-order valence-corrected chi connectivity index (χ4v) is 2.03. The molecule has 2 heterocycles. The molecule has 0 aliphatic rings. The van der Waals surface area contributed by atoms with Crippen LogP contribution < -0.4 is 10.5 Å². The number of benzene rings is 1. The largest absolute Gasteiger partial charge is 0.497 e. The van der Waals surface area contributed by atoms with E-state index in [2.05, 4.69) is 20.2 Å². The highest BCUT2D eigenvalue weighted by Crippen LogP contribution is 2.22. The second kappa shape index (κ2) is 5.72. The van der Waals surface area contributed by atoms with Crippen LogP contribution in [-0.4, -0.2) is 27.3 Å². The van der Waals surface area contributed by atoms with E-state index in [-0.39, 0.29) is 0 Å². The van der Waals surface area contributed by atoms with Crippen molar-refractivity contribution in [3.63, 3.8) is 0 Å². The summed E-state index contributed by atoms with van der Waals surface area (Å²) < 4.78 is 5.21. The lowest BCUT2D eigenvalue weighted by atomic mass is 10.1. The SMILES string of the molecule is COc1cccc([C@@H](N)c2nc(-c3cccnc3)n[nH]2)c1. The van der Waals surface area contributed by atoms with Gasteiger partial charge in [-0.25, -0.2) is 4.98 Å². The van der Waals surface area contributed by atoms with Crippen molar-refractivity contribution < 1.29 is 4.74 Å². The van der Waals surface area contributed by atoms with Crippen molar-refractivity contribution in [3.05, 3.63) is 60.2 Å². The van der Waals surface area contributed by atoms with Crippen LogP contribution in [0.1, 0.15) is 17.4 Å². The Bertz CT molecular complexity index is 726. The lowest BCUT2D eigenvalue weighted by molar-refractivity contribution is 0.414. The normalized spacial score (nSPS) is 12.1. The van der Waals surface area contributed by atoms with E-state index in [0.717, 1.165) is 16.9 Å². The third kappa shape index (κ3) is 2.75. The summed E-state index contributed by atoms with van der Waals surface area (Å²) in [5.74, 6) is 1.94. The first-order chi connectivity index (χ1) is 10.3. The predicted molar refractivity (Wildman–Crippen MR) is 78.6 cm³/mol. The van der Waals surface area contributed by atoms with Gasteiger partial charge < -0.3 is 10.5 Å². The molecule has 0 saturated carbocycles. The average molecular weight is 281 g/mol. The summed E-state index contributed by atoms with van der Waals surface area (Å²) in [5.41, 5.74) is 7.98. The van der Waals surface area contributed by atoms with Crippen LogP contribution in [0.2, 0.25) is 0 Å². The van der Waals surface area contributed by atoms with Crippen molar-refractivity contribution in [2.24, 2.45) is 5.73 Å². The molecule has 6 heteroatoms. The van der Waals surface area contributed by atoms with E-state index in [4.69, 9.17) is 10.5 Å². The van der Waals surface area contributed by atoms with Crippen molar-refractivity contribution in [1.29, 1.82) is 0 Å². The average Bonchev–Trinajstić information content (AvgIpc) is 3.05. The van der Waals surface area contributed by atoms with Crippen LogP contribution in [0.15, 0.2) is 48.8 Å². The minimum absolute atomic E-state index is 0.391. The number of aromatic amines is 1. The Morgan fingerprint density at radius 1 is 1.24 bits per heavy atom. The van der Waals surface area contributed by atoms with Crippen LogP contribution >= 0.6 is 0 Å². The number of pyridine rings is 1. The molecule has 0 amide bonds. The summed E-state index contributed by atoms with van der Waals surface area (Å²) in [6.07, 6.45) is 3.42. The maximum atomic E-state index is 6.23. The lowest BCUT2D eigenvalue weighted by Gasteiger charge is -2.09. The van der Waals surface area contributed by atoms with Gasteiger partial charge in [-0.2, -0.15) is 5.10 Å². The van der Waals surface area contributed by atoms with E-state index in [1.54, 1.807) is 19.5 Å². The highest BCUT2D eigenvalue weighted by Gasteiger charge is 2.15. The van der Waals surface area contributed by atoms with Gasteiger partial charge in [0.05, 0.1) is 13.2 Å². The molecule has 1 aromatic carbocycles. The Labute approximate surface area is 122 Å². The van der Waals surface area contributed by atoms with Gasteiger partial charge in [-0.15, -0.1) is 0 Å². The molecule has 106 valence electrons. The summed E-state index contributed by atoms with van der Waals surface area (Å²) in [6, 6.07) is 10.9. The Balaban J connectivity index is 1.88. The number of nitrogens with one attached hydrogen (secondary N) is 1. The van der Waals surface area contributed by atoms with E-state index < -0.39 is 6.04 Å². The van der Waals surface area contributed by atoms with Crippen molar-refractivity contribution in [2.75, 3.05) is 7.11 Å². The fraction of sp³-hybridized carbons (Fsp3) is 0.133. The molecule has 3 rings (SSSR count). The van der Waals surface area contributed by atoms with E-state index in [9.17, 15) is 0 Å². The quantitative estimate of drug-likeness (QED) is 0.762. The molecule has 3 aromatic rings. The molecule has 3 N–H and O–H groups in total. The zero-order valence-corrected chi connectivity index (χ0v) is 11.5. The second-order valence-corrected chi connectivity index (χ2v) is 4.54. The van der Waals surface area contributed by atoms with Crippen molar-refractivity contribution in [1.82, 2.24) is 20.2 Å². The summed E-state index contributed by atoms with van der Waals surface area (Å²) in [6.45, 7) is 0. The standard InChI is InChI=1S/C15H15N5O/c1-21-12-6-2-4-10(8-12)13(16)15-18-14(19-20-15)11-5-3-7-17-9-11/h2-9,13H,16H2,1H3,(H,18,19,20)/t13-/m1/s1. The molecule has 0 unspecified atom stereocenters. The molecule has 0 bridgehead atoms. The molecular weight excluding hydrogens is 266 g/mol. The summed E-state index contributed by atoms with van der Waals surface area (Å²) >= 11 is 0. The summed E-state index contributed by atoms with van der Waals surface area (Å²) in [7, 11) is 1.62. The molecule has 0 aliphatic heterocycles. The van der Waals surface area contributed by atoms with Crippen LogP contribution in [0.4, 0.5) is 0 Å². The van der Waals surface area contributed by atoms with Gasteiger partial charge in [-0.05, 0) is 29.8 Å². The minimum atomic E-state index is -0.391. The van der Waals surface area contributed by atoms with Crippen molar-refractivity contribution >= 4 is 0 Å². The lowest BCUT2D eigenvalue weighted by Crippen LogP contribution is -2.13. The number of ether oxygens (including phenoxy) is 1. The number of hydrogen-bond acceptors (Lipinski definition) is 5. The highest BCUT2D eigenvalue weighted by atomic mass is 16.5. The number of aromatic nitrogens is 4. The summed E-state index contributed by atoms with van der Waals surface area (Å²) in [4.78, 5) is 8.49. The van der Waals surface area contributed by atoms with E-state index in [1.807, 2.05) is 36.4 Å². The first kappa shape index (κ1) is 13.3. The van der Waals surface area contributed by atoms with Crippen molar-refractivity contribution in [3.8, 4) is 17.1 Å². The van der Waals surface area contributed by atoms with Crippen LogP contribution in [-0.2, 0) is 0 Å². The van der Waals surface area contributed by atoms with Crippen LogP contribution in [0, 0.1) is 0 Å². The third-order valence-electron chi connectivity index (χ3n) is 3.17. The van der Waals surface area contributed by atoms with Crippen molar-refractivity contribution in [2.45, 2.75) is 6.04 Å². The molecule has 0 spiro atoms. The van der Waals surface area contributed by atoms with Gasteiger partial charge in [0.1, 0.15) is 11.6 Å². The molecule has 1 atom stereocenters. The molecule has 21 heavy (non-hydrogen) atoms. The Kier molecular flexibility index (Phi) is 3.61. The highest BCUT2D eigenvalue weighted by molar-refractivity contribution is 5.52. The number of nitrogens with two attached hydrogens (primary N) is 1. The van der Waals surface area contributed by atoms with E-state index >= 15 is 0 Å². The number of hydrogen-bond donors (Lipinski definition) is 2. The number of nitrogens with zero attached hydrogens (tertiary/aromatic N) is 3. The minimum Gasteiger partial charge on any atom is -0.497 e. The van der Waals surface area contributed by atoms with Gasteiger partial charge in [-0.3, -0.25) is 10.1 Å². The monoisotopic (exact) mass is 281 g/mol. The molecule has 6 nitrogen and oxygen atoms in total. The van der Waals surface area contributed by atoms with Gasteiger partial charge in [-0.1, -0.05) is 12.1 Å². The van der Waals surface area contributed by atoms with Crippen LogP contribution in [0.5, 0.6) is 5.75 Å². The molecular formula is C15H15N5O. The Hall–Kier alpha value is -2.73. The molecule has 0 saturated heterocycles. The maximum absolute atomic E-state index is 6.23. The molecule has 0 aliphatic carbocycles. The Morgan fingerprint density at radius 2 is 2.14 bits per heavy atom. The van der Waals surface area contributed by atoms with Crippen LogP contribution in [0.25, 0.3) is 11.4 Å². The van der Waals surface area contributed by atoms with Crippen LogP contribution in [0.3, 0.4) is 0 Å². The molecule has 0 fully saturated rings. The summed E-state index contributed by atoms with van der Waals surface area (Å²) in [5, 5.41) is 7.07. The zero-order chi connectivity index (χ0) is 14.7. The third-order valence-corrected chi connectivity index (χ3v) is 3.17. The topological polar surface area (TPSA) is 89.7 Å². The van der Waals surface area contributed by atoms with Gasteiger partial charge in [0.15, 0.2) is 5.82 Å². The number of methoxy groups -OCH3 is 1. The van der Waals surface area contributed by atoms with Gasteiger partial charge in [0, 0.05) is 18.0 Å². The van der Waals surface area contributed by atoms with E-state index in [0.29, 0.717) is 11.6 Å². The maximum Gasteiger partial charge on any atom is 0.182 e. The Morgan fingerprint density at radius 3 is 2.90 bits per heavy atom. The fourth-order valence-electron chi connectivity index (χ4n) is 2.03. The first-order valence-corrected chi connectivity index (χ1v) is 6.50. The predicted octanol–water partition coefficient (Wildman–Crippen LogP) is 1.92. The second-order valence-electron chi connectivity index (χ2n) is 4.54. The first-order valence-electron chi connectivity index (χ1n) is 6.50. The smallest absolute Gasteiger partial charge is 0.182 e. The van der Waals surface area contributed by atoms with Gasteiger partial charge in [0.25, 0.3) is 0 Å². The van der Waals surface area contributed by atoms with Gasteiger partial charge >= 0.3 is 0 Å². The molecule has 2 aromatic heterocycles. The van der Waals surface area contributed by atoms with E-state index in [1.165, 1.54) is 0 Å².